The summed E-state index contributed by atoms with van der Waals surface area (Å²) in [5.74, 6) is 0. The Hall–Kier alpha value is -1.50. The van der Waals surface area contributed by atoms with Crippen LogP contribution in [0.4, 0.5) is 14.1 Å². The molecule has 0 fully saturated rings. The monoisotopic (exact) mass is 558 g/mol. The van der Waals surface area contributed by atoms with E-state index in [0.29, 0.717) is 14.2 Å². The van der Waals surface area contributed by atoms with Crippen LogP contribution in [0.15, 0.2) is 106 Å². The fraction of sp³-hybridized carbons (Fsp3) is 0.400. The van der Waals surface area contributed by atoms with Crippen molar-refractivity contribution >= 4 is 35.3 Å². The van der Waals surface area contributed by atoms with Crippen LogP contribution in [0.1, 0.15) is 62.3 Å². The van der Waals surface area contributed by atoms with Crippen molar-refractivity contribution in [3.63, 3.8) is 0 Å². The molecule has 0 saturated carbocycles. The SMILES string of the molecule is CC(C)(C)Sc1ccccc1.CC(C)(C)Sc1ccccc1.CC(C)(C)Sc1ccccc1.F.F.F. The number of halogens is 3. The van der Waals surface area contributed by atoms with Gasteiger partial charge in [-0.05, 0) is 36.4 Å². The highest BCUT2D eigenvalue weighted by molar-refractivity contribution is 8.01. The lowest BCUT2D eigenvalue weighted by molar-refractivity contribution is 0.802. The van der Waals surface area contributed by atoms with Crippen LogP contribution in [0.2, 0.25) is 0 Å². The molecule has 0 aliphatic rings. The van der Waals surface area contributed by atoms with Crippen molar-refractivity contribution in [3.05, 3.63) is 91.0 Å². The Bertz CT molecular complexity index is 762. The van der Waals surface area contributed by atoms with Crippen LogP contribution in [0.5, 0.6) is 0 Å². The molecule has 6 heteroatoms. The molecular formula is C30H45F3S3. The van der Waals surface area contributed by atoms with Gasteiger partial charge >= 0.3 is 0 Å². The van der Waals surface area contributed by atoms with Gasteiger partial charge in [-0.2, -0.15) is 0 Å². The van der Waals surface area contributed by atoms with Crippen molar-refractivity contribution in [2.45, 2.75) is 91.2 Å². The average Bonchev–Trinajstić information content (AvgIpc) is 2.67. The third-order valence-electron chi connectivity index (χ3n) is 3.50. The highest BCUT2D eigenvalue weighted by Gasteiger charge is 2.12. The van der Waals surface area contributed by atoms with Gasteiger partial charge in [0.05, 0.1) is 0 Å². The standard InChI is InChI=1S/3C10H14S.3FH/c3*1-10(2,3)11-9-7-5-4-6-8-9;;;/h3*4-8H,1-3H3;3*1H. The minimum Gasteiger partial charge on any atom is -0.269 e. The fourth-order valence-electron chi connectivity index (χ4n) is 2.53. The van der Waals surface area contributed by atoms with E-state index in [1.807, 2.05) is 53.5 Å². The summed E-state index contributed by atoms with van der Waals surface area (Å²) < 4.78 is 0.962. The zero-order valence-corrected chi connectivity index (χ0v) is 25.6. The summed E-state index contributed by atoms with van der Waals surface area (Å²) in [7, 11) is 0. The van der Waals surface area contributed by atoms with Crippen molar-refractivity contribution in [2.24, 2.45) is 0 Å². The number of hydrogen-bond donors (Lipinski definition) is 0. The number of benzene rings is 3. The van der Waals surface area contributed by atoms with E-state index >= 15 is 0 Å². The van der Waals surface area contributed by atoms with E-state index in [-0.39, 0.29) is 14.1 Å². The third-order valence-corrected chi connectivity index (χ3v) is 6.86. The molecule has 36 heavy (non-hydrogen) atoms. The maximum absolute atomic E-state index is 2.23. The first-order chi connectivity index (χ1) is 15.2. The Morgan fingerprint density at radius 3 is 0.639 bits per heavy atom. The molecule has 0 heterocycles. The molecule has 0 bridgehead atoms. The molecule has 204 valence electrons. The van der Waals surface area contributed by atoms with E-state index < -0.39 is 0 Å². The first-order valence-corrected chi connectivity index (χ1v) is 13.9. The van der Waals surface area contributed by atoms with Crippen LogP contribution < -0.4 is 0 Å². The zero-order chi connectivity index (χ0) is 25.0. The van der Waals surface area contributed by atoms with Crippen LogP contribution in [0, 0.1) is 0 Å². The molecule has 0 aliphatic heterocycles. The number of thioether (sulfide) groups is 3. The Balaban J connectivity index is -0.000000436. The zero-order valence-electron chi connectivity index (χ0n) is 23.1. The Labute approximate surface area is 230 Å². The topological polar surface area (TPSA) is 0 Å². The summed E-state index contributed by atoms with van der Waals surface area (Å²) in [6.07, 6.45) is 0. The quantitative estimate of drug-likeness (QED) is 0.293. The van der Waals surface area contributed by atoms with Gasteiger partial charge in [-0.1, -0.05) is 117 Å². The molecule has 0 aliphatic carbocycles. The smallest absolute Gasteiger partial charge is 0.0122 e. The predicted octanol–water partition coefficient (Wildman–Crippen LogP) is 11.2. The predicted molar refractivity (Wildman–Crippen MR) is 164 cm³/mol. The first kappa shape index (κ1) is 39.0. The van der Waals surface area contributed by atoms with Gasteiger partial charge in [-0.15, -0.1) is 35.3 Å². The van der Waals surface area contributed by atoms with Gasteiger partial charge in [-0.3, -0.25) is 14.1 Å². The normalized spacial score (nSPS) is 10.6. The van der Waals surface area contributed by atoms with Crippen molar-refractivity contribution in [1.29, 1.82) is 0 Å². The van der Waals surface area contributed by atoms with Gasteiger partial charge < -0.3 is 0 Å². The summed E-state index contributed by atoms with van der Waals surface area (Å²) in [4.78, 5) is 4.04. The lowest BCUT2D eigenvalue weighted by Gasteiger charge is -2.16. The summed E-state index contributed by atoms with van der Waals surface area (Å²) in [6.45, 7) is 20.0. The van der Waals surface area contributed by atoms with E-state index in [4.69, 9.17) is 0 Å². The van der Waals surface area contributed by atoms with Crippen LogP contribution in [0.3, 0.4) is 0 Å². The molecule has 0 aromatic heterocycles. The lowest BCUT2D eigenvalue weighted by Crippen LogP contribution is -2.06. The van der Waals surface area contributed by atoms with E-state index in [1.165, 1.54) is 14.7 Å². The molecule has 0 N–H and O–H groups in total. The molecule has 0 radical (unpaired) electrons. The summed E-state index contributed by atoms with van der Waals surface area (Å²) in [5.41, 5.74) is 0. The second-order valence-electron chi connectivity index (χ2n) is 10.6. The van der Waals surface area contributed by atoms with Crippen LogP contribution in [-0.4, -0.2) is 14.2 Å². The second-order valence-corrected chi connectivity index (χ2v) is 16.3. The van der Waals surface area contributed by atoms with Crippen molar-refractivity contribution in [2.75, 3.05) is 0 Å². The average molecular weight is 559 g/mol. The molecule has 3 rings (SSSR count). The van der Waals surface area contributed by atoms with Crippen LogP contribution >= 0.6 is 35.3 Å². The Kier molecular flexibility index (Phi) is 20.3. The second kappa shape index (κ2) is 18.7. The molecule has 3 aromatic carbocycles. The Morgan fingerprint density at radius 1 is 0.333 bits per heavy atom. The third kappa shape index (κ3) is 22.9. The summed E-state index contributed by atoms with van der Waals surface area (Å²) >= 11 is 5.70. The Morgan fingerprint density at radius 2 is 0.500 bits per heavy atom. The van der Waals surface area contributed by atoms with E-state index in [1.54, 1.807) is 0 Å². The van der Waals surface area contributed by atoms with Gasteiger partial charge in [0.2, 0.25) is 0 Å². The van der Waals surface area contributed by atoms with Gasteiger partial charge in [0.15, 0.2) is 0 Å². The van der Waals surface area contributed by atoms with E-state index in [0.717, 1.165) is 0 Å². The van der Waals surface area contributed by atoms with E-state index in [9.17, 15) is 0 Å². The number of rotatable bonds is 3. The molecule has 0 spiro atoms. The molecule has 0 saturated heterocycles. The molecule has 0 unspecified atom stereocenters. The highest BCUT2D eigenvalue weighted by atomic mass is 32.2. The van der Waals surface area contributed by atoms with Crippen molar-refractivity contribution in [1.82, 2.24) is 0 Å². The maximum Gasteiger partial charge on any atom is 0.0122 e. The molecule has 0 nitrogen and oxygen atoms in total. The van der Waals surface area contributed by atoms with Crippen LogP contribution in [0.25, 0.3) is 0 Å². The van der Waals surface area contributed by atoms with E-state index in [2.05, 4.69) is 135 Å². The molecule has 3 aromatic rings. The lowest BCUT2D eigenvalue weighted by atomic mass is 10.3. The molecule has 0 amide bonds. The minimum absolute atomic E-state index is 0. The van der Waals surface area contributed by atoms with Gasteiger partial charge in [0.25, 0.3) is 0 Å². The highest BCUT2D eigenvalue weighted by Crippen LogP contribution is 2.32. The van der Waals surface area contributed by atoms with Gasteiger partial charge in [-0.25, -0.2) is 0 Å². The van der Waals surface area contributed by atoms with Gasteiger partial charge in [0, 0.05) is 28.9 Å². The number of hydrogen-bond acceptors (Lipinski definition) is 3. The van der Waals surface area contributed by atoms with Crippen molar-refractivity contribution < 1.29 is 14.1 Å². The van der Waals surface area contributed by atoms with Gasteiger partial charge in [0.1, 0.15) is 0 Å². The fourth-order valence-corrected chi connectivity index (χ4v) is 5.53. The summed E-state index contributed by atoms with van der Waals surface area (Å²) in [6, 6.07) is 31.5. The first-order valence-electron chi connectivity index (χ1n) is 11.5. The molecular weight excluding hydrogens is 514 g/mol. The van der Waals surface area contributed by atoms with Crippen molar-refractivity contribution in [3.8, 4) is 0 Å². The minimum atomic E-state index is 0. The maximum atomic E-state index is 2.23. The van der Waals surface area contributed by atoms with Crippen LogP contribution in [-0.2, 0) is 0 Å². The largest absolute Gasteiger partial charge is 0.269 e. The molecule has 0 atom stereocenters. The summed E-state index contributed by atoms with van der Waals surface area (Å²) in [5, 5.41) is 0.